The molecule has 2 aromatic carbocycles. The summed E-state index contributed by atoms with van der Waals surface area (Å²) < 4.78 is 5.09. The number of carbonyl (C=O) groups is 2. The molecule has 1 saturated heterocycles. The average molecular weight is 539 g/mol. The van der Waals surface area contributed by atoms with Crippen molar-refractivity contribution in [3.05, 3.63) is 64.0 Å². The van der Waals surface area contributed by atoms with E-state index >= 15 is 0 Å². The second-order valence-corrected chi connectivity index (χ2v) is 9.95. The quantitative estimate of drug-likeness (QED) is 0.430. The van der Waals surface area contributed by atoms with Gasteiger partial charge in [-0.2, -0.15) is 0 Å². The van der Waals surface area contributed by atoms with E-state index in [1.807, 2.05) is 52.1 Å². The smallest absolute Gasteiger partial charge is 0.183 e. The second-order valence-electron chi connectivity index (χ2n) is 8.74. The summed E-state index contributed by atoms with van der Waals surface area (Å²) in [5.74, 6) is 0. The number of aryl methyl sites for hydroxylation is 2. The molecule has 0 atom stereocenters. The van der Waals surface area contributed by atoms with Crippen LogP contribution in [-0.2, 0) is 16.0 Å². The van der Waals surface area contributed by atoms with Crippen LogP contribution in [-0.4, -0.2) is 75.9 Å². The maximum atomic E-state index is 10.2. The van der Waals surface area contributed by atoms with Crippen LogP contribution in [0.2, 0.25) is 0 Å². The molecule has 3 heterocycles. The minimum Gasteiger partial charge on any atom is -0.379 e. The molecule has 1 fully saturated rings. The van der Waals surface area contributed by atoms with Crippen molar-refractivity contribution in [2.24, 2.45) is 0 Å². The predicted molar refractivity (Wildman–Crippen MR) is 160 cm³/mol. The minimum atomic E-state index is 0.559. The molecule has 1 aromatic heterocycles. The maximum Gasteiger partial charge on any atom is 0.183 e. The zero-order valence-corrected chi connectivity index (χ0v) is 24.4. The summed E-state index contributed by atoms with van der Waals surface area (Å²) in [5.41, 5.74) is 6.96. The van der Waals surface area contributed by atoms with Crippen LogP contribution in [0, 0.1) is 13.8 Å². The molecule has 0 radical (unpaired) electrons. The highest BCUT2D eigenvalue weighted by molar-refractivity contribution is 7.15. The van der Waals surface area contributed by atoms with Gasteiger partial charge in [0.15, 0.2) is 5.13 Å². The van der Waals surface area contributed by atoms with Gasteiger partial charge in [0, 0.05) is 55.4 Å². The number of carbonyl (C=O) groups excluding carboxylic acids is 2. The van der Waals surface area contributed by atoms with Crippen molar-refractivity contribution in [3.8, 4) is 11.3 Å². The number of anilines is 2. The molecule has 2 aliphatic heterocycles. The molecule has 206 valence electrons. The molecule has 0 aliphatic carbocycles. The van der Waals surface area contributed by atoms with Gasteiger partial charge in [-0.05, 0) is 43.5 Å². The number of fused-ring (bicyclic) bond motifs is 1. The average Bonchev–Trinajstić information content (AvgIpc) is 3.53. The third-order valence-electron chi connectivity index (χ3n) is 6.24. The number of hydrogen-bond acceptors (Lipinski definition) is 8. The van der Waals surface area contributed by atoms with Crippen LogP contribution in [0.4, 0.5) is 10.8 Å². The van der Waals surface area contributed by atoms with Gasteiger partial charge in [-0.3, -0.25) is 9.69 Å². The van der Waals surface area contributed by atoms with Crippen molar-refractivity contribution >= 4 is 34.7 Å². The Morgan fingerprint density at radius 3 is 2.34 bits per heavy atom. The number of morpholine rings is 1. The fourth-order valence-electron chi connectivity index (χ4n) is 4.09. The lowest BCUT2D eigenvalue weighted by atomic mass is 10.1. The molecule has 7 nitrogen and oxygen atoms in total. The first-order chi connectivity index (χ1) is 18.5. The Balaban J connectivity index is 0.000000214. The van der Waals surface area contributed by atoms with E-state index in [4.69, 9.17) is 4.74 Å². The Labute approximate surface area is 231 Å². The van der Waals surface area contributed by atoms with Crippen molar-refractivity contribution in [1.82, 2.24) is 9.88 Å². The molecule has 1 N–H and O–H groups in total. The number of likely N-dealkylation sites (N-methyl/N-ethyl adjacent to an activating group) is 1. The molecule has 38 heavy (non-hydrogen) atoms. The molecule has 5 rings (SSSR count). The lowest BCUT2D eigenvalue weighted by Crippen LogP contribution is -2.37. The van der Waals surface area contributed by atoms with E-state index in [9.17, 15) is 9.59 Å². The fraction of sp³-hybridized carbons (Fsp3) is 0.433. The third-order valence-corrected chi connectivity index (χ3v) is 7.23. The standard InChI is InChI=1S/C14H17N3S.C8H8O.C6H11NO2.C2H6/c1-9-13(16-14(15-2)18-9)11-4-5-12-10(8-11)6-7-17(12)3;1-7-4-2-3-5-8(7)6-9;8-4-1-7-2-5-9-6-3-7;1-2/h4-5,8H,6-7H2,1-3H3,(H,15,16);2-6H,1H3;4H,1-3,5-6H2;1-2H3. The topological polar surface area (TPSA) is 74.8 Å². The van der Waals surface area contributed by atoms with E-state index in [1.165, 1.54) is 21.7 Å². The molecular formula is C30H42N4O3S. The number of nitrogens with zero attached hydrogens (tertiary/aromatic N) is 3. The van der Waals surface area contributed by atoms with Gasteiger partial charge in [0.1, 0.15) is 12.6 Å². The van der Waals surface area contributed by atoms with E-state index in [-0.39, 0.29) is 0 Å². The summed E-state index contributed by atoms with van der Waals surface area (Å²) in [6, 6.07) is 14.2. The maximum absolute atomic E-state index is 10.2. The highest BCUT2D eigenvalue weighted by Crippen LogP contribution is 2.34. The third kappa shape index (κ3) is 9.04. The number of benzene rings is 2. The first-order valence-corrected chi connectivity index (χ1v) is 14.0. The van der Waals surface area contributed by atoms with E-state index in [2.05, 4.69) is 52.3 Å². The summed E-state index contributed by atoms with van der Waals surface area (Å²) in [6.45, 7) is 13.1. The number of nitrogens with one attached hydrogen (secondary N) is 1. The van der Waals surface area contributed by atoms with Gasteiger partial charge in [-0.1, -0.05) is 44.2 Å². The summed E-state index contributed by atoms with van der Waals surface area (Å²) in [5, 5.41) is 4.10. The Morgan fingerprint density at radius 1 is 1.05 bits per heavy atom. The SMILES string of the molecule is CC.CNc1nc(-c2ccc3c(c2)CCN3C)c(C)s1.Cc1ccccc1C=O.O=CCN1CCOCC1. The molecule has 8 heteroatoms. The first-order valence-electron chi connectivity index (χ1n) is 13.2. The Morgan fingerprint density at radius 2 is 1.76 bits per heavy atom. The van der Waals surface area contributed by atoms with Gasteiger partial charge in [0.2, 0.25) is 0 Å². The van der Waals surface area contributed by atoms with Crippen molar-refractivity contribution in [2.75, 3.05) is 63.7 Å². The van der Waals surface area contributed by atoms with Crippen LogP contribution < -0.4 is 10.2 Å². The van der Waals surface area contributed by atoms with Crippen LogP contribution in [0.5, 0.6) is 0 Å². The number of aldehydes is 2. The molecule has 0 saturated carbocycles. The number of aromatic nitrogens is 1. The fourth-order valence-corrected chi connectivity index (χ4v) is 4.88. The largest absolute Gasteiger partial charge is 0.379 e. The molecule has 2 aliphatic rings. The Hall–Kier alpha value is -3.07. The first kappa shape index (κ1) is 31.1. The monoisotopic (exact) mass is 538 g/mol. The van der Waals surface area contributed by atoms with Crippen LogP contribution in [0.25, 0.3) is 11.3 Å². The van der Waals surface area contributed by atoms with E-state index in [1.54, 1.807) is 11.3 Å². The van der Waals surface area contributed by atoms with Crippen LogP contribution in [0.1, 0.15) is 40.2 Å². The predicted octanol–water partition coefficient (Wildman–Crippen LogP) is 5.50. The van der Waals surface area contributed by atoms with Crippen LogP contribution in [0.15, 0.2) is 42.5 Å². The van der Waals surface area contributed by atoms with E-state index < -0.39 is 0 Å². The van der Waals surface area contributed by atoms with Crippen molar-refractivity contribution < 1.29 is 14.3 Å². The zero-order chi connectivity index (χ0) is 27.9. The van der Waals surface area contributed by atoms with E-state index in [0.717, 1.165) is 73.8 Å². The summed E-state index contributed by atoms with van der Waals surface area (Å²) >= 11 is 1.71. The lowest BCUT2D eigenvalue weighted by molar-refractivity contribution is -0.109. The lowest BCUT2D eigenvalue weighted by Gasteiger charge is -2.23. The highest BCUT2D eigenvalue weighted by Gasteiger charge is 2.17. The molecule has 0 bridgehead atoms. The van der Waals surface area contributed by atoms with Crippen molar-refractivity contribution in [3.63, 3.8) is 0 Å². The second kappa shape index (κ2) is 16.7. The molecule has 0 amide bonds. The molecule has 0 unspecified atom stereocenters. The van der Waals surface area contributed by atoms with Gasteiger partial charge in [-0.15, -0.1) is 11.3 Å². The Bertz CT molecular complexity index is 1140. The van der Waals surface area contributed by atoms with Gasteiger partial charge in [-0.25, -0.2) is 4.98 Å². The van der Waals surface area contributed by atoms with Crippen LogP contribution in [0.3, 0.4) is 0 Å². The summed E-state index contributed by atoms with van der Waals surface area (Å²) in [4.78, 5) is 30.5. The van der Waals surface area contributed by atoms with Crippen molar-refractivity contribution in [1.29, 1.82) is 0 Å². The highest BCUT2D eigenvalue weighted by atomic mass is 32.1. The number of ether oxygens (including phenoxy) is 1. The number of rotatable bonds is 5. The normalized spacial score (nSPS) is 14.0. The number of thiazole rings is 1. The molecule has 3 aromatic rings. The zero-order valence-electron chi connectivity index (χ0n) is 23.6. The van der Waals surface area contributed by atoms with Gasteiger partial charge < -0.3 is 19.7 Å². The van der Waals surface area contributed by atoms with Crippen LogP contribution >= 0.6 is 11.3 Å². The van der Waals surface area contributed by atoms with Crippen molar-refractivity contribution in [2.45, 2.75) is 34.1 Å². The van der Waals surface area contributed by atoms with Gasteiger partial charge in [0.25, 0.3) is 0 Å². The summed E-state index contributed by atoms with van der Waals surface area (Å²) in [6.07, 6.45) is 2.95. The van der Waals surface area contributed by atoms with Gasteiger partial charge >= 0.3 is 0 Å². The molecular weight excluding hydrogens is 496 g/mol. The van der Waals surface area contributed by atoms with Gasteiger partial charge in [0.05, 0.1) is 25.5 Å². The number of hydrogen-bond donors (Lipinski definition) is 1. The van der Waals surface area contributed by atoms with E-state index in [0.29, 0.717) is 6.54 Å². The minimum absolute atomic E-state index is 0.559. The molecule has 0 spiro atoms. The summed E-state index contributed by atoms with van der Waals surface area (Å²) in [7, 11) is 4.07. The Kier molecular flexibility index (Phi) is 13.7.